The summed E-state index contributed by atoms with van der Waals surface area (Å²) in [5.41, 5.74) is 2.54. The molecule has 6 nitrogen and oxygen atoms in total. The highest BCUT2D eigenvalue weighted by Crippen LogP contribution is 2.23. The van der Waals surface area contributed by atoms with Crippen LogP contribution in [0.1, 0.15) is 18.4 Å². The Balaban J connectivity index is 1.72. The van der Waals surface area contributed by atoms with Crippen molar-refractivity contribution in [2.45, 2.75) is 25.8 Å². The zero-order valence-corrected chi connectivity index (χ0v) is 13.6. The van der Waals surface area contributed by atoms with Crippen molar-refractivity contribution in [2.75, 3.05) is 23.9 Å². The van der Waals surface area contributed by atoms with Crippen molar-refractivity contribution in [1.82, 2.24) is 14.9 Å². The standard InChI is InChI=1S/C15H20N4O2S/c1-10-12-3-6-16-14(12)17-9-13(10)18-15(20)19(2)11-4-7-22(21)8-5-11/h3,6,9,11H,4-5,7-8H2,1-2H3,(H,16,17)(H,18,20). The molecule has 2 aromatic rings. The Morgan fingerprint density at radius 2 is 2.18 bits per heavy atom. The van der Waals surface area contributed by atoms with Crippen molar-refractivity contribution in [3.8, 4) is 0 Å². The van der Waals surface area contributed by atoms with Gasteiger partial charge in [0.05, 0.1) is 11.9 Å². The number of H-pyrrole nitrogens is 1. The predicted molar refractivity (Wildman–Crippen MR) is 88.5 cm³/mol. The third-order valence-corrected chi connectivity index (χ3v) is 5.71. The summed E-state index contributed by atoms with van der Waals surface area (Å²) < 4.78 is 11.4. The van der Waals surface area contributed by atoms with Crippen LogP contribution >= 0.6 is 0 Å². The van der Waals surface area contributed by atoms with Crippen LogP contribution in [0.15, 0.2) is 18.5 Å². The fourth-order valence-corrected chi connectivity index (χ4v) is 4.08. The van der Waals surface area contributed by atoms with Crippen molar-refractivity contribution in [1.29, 1.82) is 0 Å². The lowest BCUT2D eigenvalue weighted by molar-refractivity contribution is 0.199. The van der Waals surface area contributed by atoms with Crippen LogP contribution in [-0.2, 0) is 10.8 Å². The molecule has 3 heterocycles. The molecule has 0 atom stereocenters. The van der Waals surface area contributed by atoms with Crippen LogP contribution in [0.2, 0.25) is 0 Å². The Hall–Kier alpha value is -1.89. The van der Waals surface area contributed by atoms with E-state index in [9.17, 15) is 9.00 Å². The van der Waals surface area contributed by atoms with Gasteiger partial charge in [0.25, 0.3) is 0 Å². The molecule has 118 valence electrons. The first-order valence-electron chi connectivity index (χ1n) is 7.37. The minimum atomic E-state index is -0.715. The minimum absolute atomic E-state index is 0.141. The number of fused-ring (bicyclic) bond motifs is 1. The maximum atomic E-state index is 12.4. The van der Waals surface area contributed by atoms with Gasteiger partial charge >= 0.3 is 6.03 Å². The number of pyridine rings is 1. The number of carbonyl (C=O) groups is 1. The number of nitrogens with one attached hydrogen (secondary N) is 2. The lowest BCUT2D eigenvalue weighted by atomic mass is 10.1. The smallest absolute Gasteiger partial charge is 0.321 e. The van der Waals surface area contributed by atoms with Gasteiger partial charge in [-0.2, -0.15) is 0 Å². The summed E-state index contributed by atoms with van der Waals surface area (Å²) >= 11 is 0. The van der Waals surface area contributed by atoms with E-state index < -0.39 is 10.8 Å². The van der Waals surface area contributed by atoms with Gasteiger partial charge in [-0.25, -0.2) is 9.78 Å². The highest BCUT2D eigenvalue weighted by Gasteiger charge is 2.25. The number of carbonyl (C=O) groups excluding carboxylic acids is 1. The molecular weight excluding hydrogens is 300 g/mol. The van der Waals surface area contributed by atoms with Gasteiger partial charge in [0.2, 0.25) is 0 Å². The summed E-state index contributed by atoms with van der Waals surface area (Å²) in [5.74, 6) is 1.36. The van der Waals surface area contributed by atoms with Gasteiger partial charge in [0.15, 0.2) is 0 Å². The Morgan fingerprint density at radius 3 is 2.91 bits per heavy atom. The predicted octanol–water partition coefficient (Wildman–Crippen LogP) is 2.25. The molecule has 0 unspecified atom stereocenters. The molecule has 1 saturated heterocycles. The van der Waals surface area contributed by atoms with Crippen molar-refractivity contribution in [3.05, 3.63) is 24.0 Å². The van der Waals surface area contributed by atoms with Gasteiger partial charge in [-0.05, 0) is 31.4 Å². The van der Waals surface area contributed by atoms with Crippen molar-refractivity contribution >= 4 is 33.6 Å². The molecule has 2 N–H and O–H groups in total. The number of rotatable bonds is 2. The maximum absolute atomic E-state index is 12.4. The average Bonchev–Trinajstić information content (AvgIpc) is 2.99. The summed E-state index contributed by atoms with van der Waals surface area (Å²) in [5, 5.41) is 3.94. The van der Waals surface area contributed by atoms with Gasteiger partial charge in [0.1, 0.15) is 5.65 Å². The molecule has 0 bridgehead atoms. The second-order valence-electron chi connectivity index (χ2n) is 5.66. The number of amides is 2. The van der Waals surface area contributed by atoms with E-state index in [4.69, 9.17) is 0 Å². The van der Waals surface area contributed by atoms with E-state index in [1.807, 2.05) is 19.2 Å². The van der Waals surface area contributed by atoms with E-state index in [2.05, 4.69) is 15.3 Å². The molecule has 1 aliphatic rings. The zero-order valence-electron chi connectivity index (χ0n) is 12.8. The Kier molecular flexibility index (Phi) is 4.15. The number of aromatic amines is 1. The van der Waals surface area contributed by atoms with E-state index in [1.54, 1.807) is 18.1 Å². The van der Waals surface area contributed by atoms with Gasteiger partial charge in [-0.1, -0.05) is 0 Å². The van der Waals surface area contributed by atoms with Crippen molar-refractivity contribution in [2.24, 2.45) is 0 Å². The number of aromatic nitrogens is 2. The zero-order chi connectivity index (χ0) is 15.7. The van der Waals surface area contributed by atoms with Crippen molar-refractivity contribution in [3.63, 3.8) is 0 Å². The van der Waals surface area contributed by atoms with Gasteiger partial charge in [-0.15, -0.1) is 0 Å². The number of nitrogens with zero attached hydrogens (tertiary/aromatic N) is 2. The summed E-state index contributed by atoms with van der Waals surface area (Å²) in [6, 6.07) is 1.97. The first-order valence-corrected chi connectivity index (χ1v) is 8.86. The fourth-order valence-electron chi connectivity index (χ4n) is 2.80. The molecule has 0 saturated carbocycles. The van der Waals surface area contributed by atoms with Crippen LogP contribution in [0.3, 0.4) is 0 Å². The van der Waals surface area contributed by atoms with Gasteiger partial charge in [-0.3, -0.25) is 4.21 Å². The number of hydrogen-bond acceptors (Lipinski definition) is 3. The molecule has 7 heteroatoms. The van der Waals surface area contributed by atoms with Crippen LogP contribution < -0.4 is 5.32 Å². The summed E-state index contributed by atoms with van der Waals surface area (Å²) in [6.45, 7) is 1.97. The number of hydrogen-bond donors (Lipinski definition) is 2. The van der Waals surface area contributed by atoms with Gasteiger partial charge in [0, 0.05) is 47.0 Å². The van der Waals surface area contributed by atoms with E-state index in [0.29, 0.717) is 11.5 Å². The minimum Gasteiger partial charge on any atom is -0.346 e. The van der Waals surface area contributed by atoms with Crippen LogP contribution in [0.25, 0.3) is 11.0 Å². The molecule has 2 amide bonds. The molecule has 1 fully saturated rings. The molecular formula is C15H20N4O2S. The van der Waals surface area contributed by atoms with E-state index in [1.165, 1.54) is 0 Å². The second kappa shape index (κ2) is 6.08. The lowest BCUT2D eigenvalue weighted by Crippen LogP contribution is -2.43. The topological polar surface area (TPSA) is 78.1 Å². The summed E-state index contributed by atoms with van der Waals surface area (Å²) in [7, 11) is 1.08. The molecule has 3 rings (SSSR count). The van der Waals surface area contributed by atoms with Gasteiger partial charge < -0.3 is 15.2 Å². The number of aryl methyl sites for hydroxylation is 1. The quantitative estimate of drug-likeness (QED) is 0.891. The largest absolute Gasteiger partial charge is 0.346 e. The third kappa shape index (κ3) is 2.85. The summed E-state index contributed by atoms with van der Waals surface area (Å²) in [6.07, 6.45) is 5.11. The fraction of sp³-hybridized carbons (Fsp3) is 0.467. The first-order chi connectivity index (χ1) is 10.6. The molecule has 0 aliphatic carbocycles. The molecule has 0 aromatic carbocycles. The molecule has 2 aromatic heterocycles. The highest BCUT2D eigenvalue weighted by molar-refractivity contribution is 7.85. The normalized spacial score (nSPS) is 21.7. The SMILES string of the molecule is Cc1c(NC(=O)N(C)C2CCS(=O)CC2)cnc2[nH]ccc12. The van der Waals surface area contributed by atoms with Crippen LogP contribution in [-0.4, -0.2) is 49.7 Å². The molecule has 22 heavy (non-hydrogen) atoms. The number of urea groups is 1. The summed E-state index contributed by atoms with van der Waals surface area (Å²) in [4.78, 5) is 21.5. The molecule has 1 aliphatic heterocycles. The second-order valence-corrected chi connectivity index (χ2v) is 7.35. The first kappa shape index (κ1) is 15.0. The molecule has 0 radical (unpaired) electrons. The average molecular weight is 320 g/mol. The van der Waals surface area contributed by atoms with Crippen LogP contribution in [0.5, 0.6) is 0 Å². The maximum Gasteiger partial charge on any atom is 0.321 e. The number of anilines is 1. The van der Waals surface area contributed by atoms with E-state index >= 15 is 0 Å². The molecule has 0 spiro atoms. The van der Waals surface area contributed by atoms with Crippen molar-refractivity contribution < 1.29 is 9.00 Å². The van der Waals surface area contributed by atoms with Crippen LogP contribution in [0, 0.1) is 6.92 Å². The van der Waals surface area contributed by atoms with E-state index in [-0.39, 0.29) is 12.1 Å². The Morgan fingerprint density at radius 1 is 1.45 bits per heavy atom. The Bertz CT molecular complexity index is 717. The highest BCUT2D eigenvalue weighted by atomic mass is 32.2. The lowest BCUT2D eigenvalue weighted by Gasteiger charge is -2.31. The van der Waals surface area contributed by atoms with E-state index in [0.717, 1.165) is 35.1 Å². The monoisotopic (exact) mass is 320 g/mol. The van der Waals surface area contributed by atoms with Crippen LogP contribution in [0.4, 0.5) is 10.5 Å². The Labute approximate surface area is 131 Å². The third-order valence-electron chi connectivity index (χ3n) is 4.32.